The molecule has 0 aliphatic rings. The van der Waals surface area contributed by atoms with Crippen LogP contribution in [0.5, 0.6) is 0 Å². The molecule has 7 nitrogen and oxygen atoms in total. The molecule has 0 spiro atoms. The molecule has 0 saturated heterocycles. The number of halogens is 4. The normalized spacial score (nSPS) is 12.1. The molecule has 30 heavy (non-hydrogen) atoms. The van der Waals surface area contributed by atoms with Gasteiger partial charge in [-0.3, -0.25) is 9.71 Å². The summed E-state index contributed by atoms with van der Waals surface area (Å²) in [6.07, 6.45) is -3.33. The molecule has 0 saturated carbocycles. The van der Waals surface area contributed by atoms with Gasteiger partial charge < -0.3 is 0 Å². The minimum atomic E-state index is -4.74. The van der Waals surface area contributed by atoms with Gasteiger partial charge in [-0.05, 0) is 48.7 Å². The first-order chi connectivity index (χ1) is 14.1. The molecule has 0 amide bonds. The van der Waals surface area contributed by atoms with E-state index in [0.717, 1.165) is 24.1 Å². The highest BCUT2D eigenvalue weighted by Gasteiger charge is 2.32. The first kappa shape index (κ1) is 21.9. The molecule has 1 aromatic heterocycles. The first-order valence-electron chi connectivity index (χ1n) is 8.63. The van der Waals surface area contributed by atoms with E-state index in [1.165, 1.54) is 12.1 Å². The van der Waals surface area contributed by atoms with E-state index >= 15 is 0 Å². The van der Waals surface area contributed by atoms with Gasteiger partial charge in [-0.2, -0.15) is 18.3 Å². The monoisotopic (exact) mass is 460 g/mol. The fraction of sp³-hybridized carbons (Fsp3) is 0.222. The van der Waals surface area contributed by atoms with Crippen molar-refractivity contribution in [2.24, 2.45) is 0 Å². The Morgan fingerprint density at radius 2 is 1.80 bits per heavy atom. The van der Waals surface area contributed by atoms with Crippen molar-refractivity contribution in [2.45, 2.75) is 23.9 Å². The average Bonchev–Trinajstić information content (AvgIpc) is 3.12. The number of hydrogen-bond donors (Lipinski definition) is 3. The molecule has 1 heterocycles. The zero-order valence-corrected chi connectivity index (χ0v) is 16.8. The number of nitrogens with zero attached hydrogens (tertiary/aromatic N) is 1. The Morgan fingerprint density at radius 1 is 1.10 bits per heavy atom. The maximum absolute atomic E-state index is 13.3. The van der Waals surface area contributed by atoms with E-state index in [2.05, 4.69) is 14.8 Å². The Morgan fingerprint density at radius 3 is 2.37 bits per heavy atom. The van der Waals surface area contributed by atoms with E-state index in [9.17, 15) is 26.4 Å². The summed E-state index contributed by atoms with van der Waals surface area (Å²) in [4.78, 5) is 13.4. The number of aromatic amines is 2. The minimum absolute atomic E-state index is 0.107. The maximum atomic E-state index is 13.3. The number of H-pyrrole nitrogens is 2. The third-order valence-corrected chi connectivity index (χ3v) is 5.78. The van der Waals surface area contributed by atoms with E-state index in [0.29, 0.717) is 18.4 Å². The zero-order chi connectivity index (χ0) is 21.9. The van der Waals surface area contributed by atoms with Crippen molar-refractivity contribution in [3.05, 3.63) is 64.1 Å². The molecule has 160 valence electrons. The molecule has 0 aliphatic heterocycles. The summed E-state index contributed by atoms with van der Waals surface area (Å²) < 4.78 is 67.3. The van der Waals surface area contributed by atoms with Gasteiger partial charge in [0, 0.05) is 11.4 Å². The van der Waals surface area contributed by atoms with Crippen LogP contribution in [0, 0.1) is 0 Å². The van der Waals surface area contributed by atoms with Crippen molar-refractivity contribution in [3.63, 3.8) is 0 Å². The average molecular weight is 461 g/mol. The van der Waals surface area contributed by atoms with Crippen LogP contribution in [0.1, 0.15) is 17.5 Å². The summed E-state index contributed by atoms with van der Waals surface area (Å²) in [5.74, 6) is 0.316. The van der Waals surface area contributed by atoms with Crippen molar-refractivity contribution in [3.8, 4) is 11.4 Å². The van der Waals surface area contributed by atoms with Crippen LogP contribution < -0.4 is 10.4 Å². The predicted octanol–water partition coefficient (Wildman–Crippen LogP) is 3.76. The molecule has 3 rings (SSSR count). The lowest BCUT2D eigenvalue weighted by Gasteiger charge is -2.13. The maximum Gasteiger partial charge on any atom is 0.416 e. The Balaban J connectivity index is 1.95. The third kappa shape index (κ3) is 5.22. The second-order valence-corrected chi connectivity index (χ2v) is 8.43. The lowest BCUT2D eigenvalue weighted by atomic mass is 10.1. The summed E-state index contributed by atoms with van der Waals surface area (Å²) in [7, 11) is -4.15. The molecule has 0 aliphatic carbocycles. The third-order valence-electron chi connectivity index (χ3n) is 4.12. The van der Waals surface area contributed by atoms with Gasteiger partial charge in [0.1, 0.15) is 0 Å². The van der Waals surface area contributed by atoms with E-state index in [1.807, 2.05) is 5.10 Å². The smallest absolute Gasteiger partial charge is 0.289 e. The van der Waals surface area contributed by atoms with Gasteiger partial charge in [0.15, 0.2) is 5.82 Å². The Labute approximate surface area is 174 Å². The Kier molecular flexibility index (Phi) is 6.22. The fourth-order valence-electron chi connectivity index (χ4n) is 2.71. The van der Waals surface area contributed by atoms with Gasteiger partial charge >= 0.3 is 11.9 Å². The van der Waals surface area contributed by atoms with Crippen LogP contribution in [0.4, 0.5) is 18.9 Å². The molecular formula is C18H16ClF3N4O3S. The Hall–Kier alpha value is -2.79. The van der Waals surface area contributed by atoms with E-state index < -0.39 is 27.5 Å². The Bertz CT molecular complexity index is 1190. The summed E-state index contributed by atoms with van der Waals surface area (Å²) in [5.41, 5.74) is -1.36. The van der Waals surface area contributed by atoms with Gasteiger partial charge in [0.2, 0.25) is 0 Å². The summed E-state index contributed by atoms with van der Waals surface area (Å²) in [6.45, 7) is 0. The van der Waals surface area contributed by atoms with Crippen LogP contribution in [0.2, 0.25) is 0 Å². The molecule has 12 heteroatoms. The number of alkyl halides is 4. The van der Waals surface area contributed by atoms with Crippen LogP contribution in [0.25, 0.3) is 11.4 Å². The number of nitrogens with one attached hydrogen (secondary N) is 3. The standard InChI is InChI=1S/C18H16ClF3N4O3S/c19-7-1-2-11-3-5-15(6-4-11)30(28,29)26-14-9-12(16-23-17(27)25-24-16)8-13(10-14)18(20,21)22/h3-6,8-10,26H,1-2,7H2,(H2,23,24,25,27). The van der Waals surface area contributed by atoms with Crippen LogP contribution in [0.3, 0.4) is 0 Å². The van der Waals surface area contributed by atoms with Gasteiger partial charge in [-0.25, -0.2) is 18.3 Å². The van der Waals surface area contributed by atoms with Crippen LogP contribution >= 0.6 is 11.6 Å². The van der Waals surface area contributed by atoms with E-state index in [-0.39, 0.29) is 22.0 Å². The summed E-state index contributed by atoms with van der Waals surface area (Å²) in [6, 6.07) is 8.54. The number of rotatable bonds is 7. The predicted molar refractivity (Wildman–Crippen MR) is 106 cm³/mol. The number of aromatic nitrogens is 3. The SMILES string of the molecule is O=c1[nH]nc(-c2cc(NS(=O)(=O)c3ccc(CCCCl)cc3)cc(C(F)(F)F)c2)[nH]1. The summed E-state index contributed by atoms with van der Waals surface area (Å²) in [5, 5.41) is 5.64. The van der Waals surface area contributed by atoms with Gasteiger partial charge in [-0.1, -0.05) is 12.1 Å². The van der Waals surface area contributed by atoms with Crippen molar-refractivity contribution < 1.29 is 21.6 Å². The van der Waals surface area contributed by atoms with Gasteiger partial charge in [0.05, 0.1) is 16.1 Å². The molecule has 0 bridgehead atoms. The molecule has 2 aromatic carbocycles. The molecule has 0 unspecified atom stereocenters. The topological polar surface area (TPSA) is 108 Å². The molecule has 3 aromatic rings. The quantitative estimate of drug-likeness (QED) is 0.466. The lowest BCUT2D eigenvalue weighted by Crippen LogP contribution is -2.14. The first-order valence-corrected chi connectivity index (χ1v) is 10.7. The lowest BCUT2D eigenvalue weighted by molar-refractivity contribution is -0.137. The zero-order valence-electron chi connectivity index (χ0n) is 15.3. The largest absolute Gasteiger partial charge is 0.416 e. The number of benzene rings is 2. The molecule has 0 fully saturated rings. The molecule has 3 N–H and O–H groups in total. The van der Waals surface area contributed by atoms with Crippen LogP contribution in [-0.4, -0.2) is 29.5 Å². The van der Waals surface area contributed by atoms with Crippen molar-refractivity contribution in [1.29, 1.82) is 0 Å². The van der Waals surface area contributed by atoms with E-state index in [4.69, 9.17) is 11.6 Å². The fourth-order valence-corrected chi connectivity index (χ4v) is 3.89. The highest BCUT2D eigenvalue weighted by atomic mass is 35.5. The van der Waals surface area contributed by atoms with Crippen LogP contribution in [0.15, 0.2) is 52.2 Å². The number of hydrogen-bond acceptors (Lipinski definition) is 4. The van der Waals surface area contributed by atoms with E-state index in [1.54, 1.807) is 12.1 Å². The van der Waals surface area contributed by atoms with Crippen LogP contribution in [-0.2, 0) is 22.6 Å². The minimum Gasteiger partial charge on any atom is -0.289 e. The molecular weight excluding hydrogens is 445 g/mol. The number of anilines is 1. The number of aryl methyl sites for hydroxylation is 1. The number of sulfonamides is 1. The summed E-state index contributed by atoms with van der Waals surface area (Å²) >= 11 is 5.64. The van der Waals surface area contributed by atoms with Gasteiger partial charge in [0.25, 0.3) is 10.0 Å². The second kappa shape index (κ2) is 8.52. The van der Waals surface area contributed by atoms with Crippen molar-refractivity contribution >= 4 is 27.3 Å². The van der Waals surface area contributed by atoms with Gasteiger partial charge in [-0.15, -0.1) is 11.6 Å². The molecule has 0 atom stereocenters. The van der Waals surface area contributed by atoms with Crippen molar-refractivity contribution in [2.75, 3.05) is 10.6 Å². The second-order valence-electron chi connectivity index (χ2n) is 6.37. The highest BCUT2D eigenvalue weighted by Crippen LogP contribution is 2.34. The molecule has 0 radical (unpaired) electrons. The van der Waals surface area contributed by atoms with Crippen molar-refractivity contribution in [1.82, 2.24) is 15.2 Å². The highest BCUT2D eigenvalue weighted by molar-refractivity contribution is 7.92.